The third-order valence-corrected chi connectivity index (χ3v) is 3.19. The number of hydrogen-bond donors (Lipinski definition) is 1. The Balaban J connectivity index is 2.75. The second-order valence-electron chi connectivity index (χ2n) is 4.72. The molecule has 0 spiro atoms. The molecule has 0 aromatic heterocycles. The van der Waals surface area contributed by atoms with Crippen LogP contribution in [0.1, 0.15) is 26.2 Å². The van der Waals surface area contributed by atoms with E-state index >= 15 is 0 Å². The largest absolute Gasteiger partial charge is 0.480 e. The number of nitrogens with zero attached hydrogens (tertiary/aromatic N) is 1. The van der Waals surface area contributed by atoms with Gasteiger partial charge in [0.05, 0.1) is 0 Å². The topological polar surface area (TPSA) is 57.6 Å². The molecule has 1 fully saturated rings. The quantitative estimate of drug-likeness (QED) is 0.846. The van der Waals surface area contributed by atoms with E-state index in [4.69, 9.17) is 5.11 Å². The van der Waals surface area contributed by atoms with Gasteiger partial charge in [-0.25, -0.2) is 0 Å². The van der Waals surface area contributed by atoms with Crippen LogP contribution in [0.25, 0.3) is 0 Å². The number of aliphatic carboxylic acids is 1. The summed E-state index contributed by atoms with van der Waals surface area (Å²) in [4.78, 5) is 22.9. The number of rotatable bonds is 4. The Morgan fingerprint density at radius 3 is 2.33 bits per heavy atom. The molecule has 0 aromatic carbocycles. The molecule has 0 heterocycles. The molecule has 1 rings (SSSR count). The van der Waals surface area contributed by atoms with Gasteiger partial charge in [-0.1, -0.05) is 13.3 Å². The smallest absolute Gasteiger partial charge is 0.406 e. The fourth-order valence-corrected chi connectivity index (χ4v) is 2.34. The minimum atomic E-state index is -4.58. The molecule has 0 saturated heterocycles. The van der Waals surface area contributed by atoms with E-state index < -0.39 is 37.1 Å². The van der Waals surface area contributed by atoms with Crippen LogP contribution in [0.2, 0.25) is 0 Å². The number of carbonyl (C=O) groups is 2. The van der Waals surface area contributed by atoms with Crippen LogP contribution in [-0.4, -0.2) is 41.1 Å². The van der Waals surface area contributed by atoms with Gasteiger partial charge in [-0.3, -0.25) is 9.59 Å². The molecule has 7 heteroatoms. The van der Waals surface area contributed by atoms with E-state index in [0.717, 1.165) is 12.8 Å². The molecule has 104 valence electrons. The standard InChI is InChI=1S/C11H16F3NO3/c1-7-3-2-4-8(7)10(18)15(5-9(16)17)6-11(12,13)14/h7-8H,2-6H2,1H3,(H,16,17). The average Bonchev–Trinajstić information content (AvgIpc) is 2.59. The molecule has 1 N–H and O–H groups in total. The van der Waals surface area contributed by atoms with E-state index in [1.54, 1.807) is 0 Å². The summed E-state index contributed by atoms with van der Waals surface area (Å²) in [6.45, 7) is -0.592. The molecule has 0 aliphatic heterocycles. The summed E-state index contributed by atoms with van der Waals surface area (Å²) in [5.41, 5.74) is 0. The molecule has 1 aliphatic carbocycles. The number of carbonyl (C=O) groups excluding carboxylic acids is 1. The van der Waals surface area contributed by atoms with E-state index in [1.165, 1.54) is 0 Å². The Labute approximate surface area is 103 Å². The van der Waals surface area contributed by atoms with Gasteiger partial charge < -0.3 is 10.0 Å². The number of hydrogen-bond acceptors (Lipinski definition) is 2. The summed E-state index contributed by atoms with van der Waals surface area (Å²) in [7, 11) is 0. The maximum Gasteiger partial charge on any atom is 0.406 e. The highest BCUT2D eigenvalue weighted by atomic mass is 19.4. The third-order valence-electron chi connectivity index (χ3n) is 3.19. The summed E-state index contributed by atoms with van der Waals surface area (Å²) in [6.07, 6.45) is -2.45. The summed E-state index contributed by atoms with van der Waals surface area (Å²) in [5.74, 6) is -2.59. The minimum Gasteiger partial charge on any atom is -0.480 e. The molecule has 0 aromatic rings. The van der Waals surface area contributed by atoms with Crippen molar-refractivity contribution in [3.63, 3.8) is 0 Å². The van der Waals surface area contributed by atoms with E-state index in [-0.39, 0.29) is 5.92 Å². The molecule has 4 nitrogen and oxygen atoms in total. The lowest BCUT2D eigenvalue weighted by Gasteiger charge is -2.26. The second-order valence-corrected chi connectivity index (χ2v) is 4.72. The molecule has 1 aliphatic rings. The summed E-state index contributed by atoms with van der Waals surface area (Å²) in [5, 5.41) is 8.58. The lowest BCUT2D eigenvalue weighted by molar-refractivity contribution is -0.168. The van der Waals surface area contributed by atoms with Crippen molar-refractivity contribution < 1.29 is 27.9 Å². The Kier molecular flexibility index (Phi) is 4.59. The van der Waals surface area contributed by atoms with Gasteiger partial charge in [-0.05, 0) is 18.8 Å². The van der Waals surface area contributed by atoms with E-state index in [2.05, 4.69) is 0 Å². The summed E-state index contributed by atoms with van der Waals surface area (Å²) in [6, 6.07) is 0. The Morgan fingerprint density at radius 2 is 1.94 bits per heavy atom. The zero-order chi connectivity index (χ0) is 13.9. The van der Waals surface area contributed by atoms with Crippen LogP contribution in [0.4, 0.5) is 13.2 Å². The van der Waals surface area contributed by atoms with Gasteiger partial charge in [0.1, 0.15) is 13.1 Å². The van der Waals surface area contributed by atoms with Crippen LogP contribution < -0.4 is 0 Å². The summed E-state index contributed by atoms with van der Waals surface area (Å²) < 4.78 is 36.9. The van der Waals surface area contributed by atoms with Crippen molar-refractivity contribution in [1.82, 2.24) is 4.90 Å². The highest BCUT2D eigenvalue weighted by molar-refractivity contribution is 5.83. The van der Waals surface area contributed by atoms with Gasteiger partial charge in [-0.15, -0.1) is 0 Å². The fraction of sp³-hybridized carbons (Fsp3) is 0.818. The van der Waals surface area contributed by atoms with Gasteiger partial charge in [0.15, 0.2) is 0 Å². The first kappa shape index (κ1) is 14.8. The maximum atomic E-state index is 12.3. The van der Waals surface area contributed by atoms with Crippen molar-refractivity contribution in [1.29, 1.82) is 0 Å². The monoisotopic (exact) mass is 267 g/mol. The van der Waals surface area contributed by atoms with Crippen LogP contribution in [0.15, 0.2) is 0 Å². The molecule has 1 amide bonds. The predicted molar refractivity (Wildman–Crippen MR) is 56.8 cm³/mol. The second kappa shape index (κ2) is 5.58. The number of amides is 1. The van der Waals surface area contributed by atoms with Crippen molar-refractivity contribution in [3.8, 4) is 0 Å². The third kappa shape index (κ3) is 4.19. The van der Waals surface area contributed by atoms with Gasteiger partial charge in [0.25, 0.3) is 0 Å². The highest BCUT2D eigenvalue weighted by Gasteiger charge is 2.39. The van der Waals surface area contributed by atoms with E-state index in [1.807, 2.05) is 6.92 Å². The molecular weight excluding hydrogens is 251 g/mol. The number of carboxylic acids is 1. The molecule has 0 bridgehead atoms. The lowest BCUT2D eigenvalue weighted by atomic mass is 9.96. The zero-order valence-electron chi connectivity index (χ0n) is 10.0. The van der Waals surface area contributed by atoms with Crippen molar-refractivity contribution >= 4 is 11.9 Å². The first-order valence-electron chi connectivity index (χ1n) is 5.78. The van der Waals surface area contributed by atoms with Gasteiger partial charge in [0, 0.05) is 5.92 Å². The lowest BCUT2D eigenvalue weighted by Crippen LogP contribution is -2.45. The average molecular weight is 267 g/mol. The molecule has 0 radical (unpaired) electrons. The zero-order valence-corrected chi connectivity index (χ0v) is 10.0. The van der Waals surface area contributed by atoms with Crippen LogP contribution in [0.3, 0.4) is 0 Å². The van der Waals surface area contributed by atoms with Crippen LogP contribution in [-0.2, 0) is 9.59 Å². The molecule has 1 saturated carbocycles. The molecule has 2 atom stereocenters. The first-order chi connectivity index (χ1) is 8.20. The minimum absolute atomic E-state index is 0.0158. The molecule has 2 unspecified atom stereocenters. The Morgan fingerprint density at radius 1 is 1.33 bits per heavy atom. The molecular formula is C11H16F3NO3. The predicted octanol–water partition coefficient (Wildman–Crippen LogP) is 1.90. The maximum absolute atomic E-state index is 12.3. The first-order valence-corrected chi connectivity index (χ1v) is 5.78. The van der Waals surface area contributed by atoms with Gasteiger partial charge >= 0.3 is 12.1 Å². The van der Waals surface area contributed by atoms with Crippen LogP contribution >= 0.6 is 0 Å². The van der Waals surface area contributed by atoms with Crippen molar-refractivity contribution in [2.24, 2.45) is 11.8 Å². The highest BCUT2D eigenvalue weighted by Crippen LogP contribution is 2.33. The fourth-order valence-electron chi connectivity index (χ4n) is 2.34. The Bertz CT molecular complexity index is 330. The normalized spacial score (nSPS) is 24.0. The Hall–Kier alpha value is -1.27. The van der Waals surface area contributed by atoms with Crippen molar-refractivity contribution in [3.05, 3.63) is 0 Å². The number of carboxylic acid groups (broad SMARTS) is 1. The van der Waals surface area contributed by atoms with Crippen molar-refractivity contribution in [2.45, 2.75) is 32.4 Å². The van der Waals surface area contributed by atoms with Crippen molar-refractivity contribution in [2.75, 3.05) is 13.1 Å². The number of alkyl halides is 3. The van der Waals surface area contributed by atoms with Crippen LogP contribution in [0.5, 0.6) is 0 Å². The number of halogens is 3. The van der Waals surface area contributed by atoms with E-state index in [0.29, 0.717) is 11.3 Å². The van der Waals surface area contributed by atoms with Gasteiger partial charge in [-0.2, -0.15) is 13.2 Å². The molecule has 18 heavy (non-hydrogen) atoms. The van der Waals surface area contributed by atoms with E-state index in [9.17, 15) is 22.8 Å². The SMILES string of the molecule is CC1CCCC1C(=O)N(CC(=O)O)CC(F)(F)F. The van der Waals surface area contributed by atoms with Gasteiger partial charge in [0.2, 0.25) is 5.91 Å². The summed E-state index contributed by atoms with van der Waals surface area (Å²) >= 11 is 0. The van der Waals surface area contributed by atoms with Crippen LogP contribution in [0, 0.1) is 11.8 Å².